The van der Waals surface area contributed by atoms with Gasteiger partial charge >= 0.3 is 0 Å². The fourth-order valence-corrected chi connectivity index (χ4v) is 5.55. The number of carbonyl (C=O) groups excluding carboxylic acids is 1. The van der Waals surface area contributed by atoms with Crippen molar-refractivity contribution in [3.8, 4) is 0 Å². The van der Waals surface area contributed by atoms with Crippen molar-refractivity contribution in [3.05, 3.63) is 58.7 Å². The molecule has 1 fully saturated rings. The molecule has 2 atom stereocenters. The summed E-state index contributed by atoms with van der Waals surface area (Å²) in [5.74, 6) is 1.09. The van der Waals surface area contributed by atoms with Crippen molar-refractivity contribution in [1.82, 2.24) is 0 Å². The maximum atomic E-state index is 12.7. The van der Waals surface area contributed by atoms with Crippen LogP contribution in [-0.2, 0) is 11.8 Å². The van der Waals surface area contributed by atoms with Crippen molar-refractivity contribution in [2.45, 2.75) is 57.3 Å². The third-order valence-electron chi connectivity index (χ3n) is 6.74. The summed E-state index contributed by atoms with van der Waals surface area (Å²) in [4.78, 5) is 12.7. The van der Waals surface area contributed by atoms with Gasteiger partial charge in [0, 0.05) is 17.4 Å². The zero-order valence-corrected chi connectivity index (χ0v) is 14.4. The number of aryl methyl sites for hydroxylation is 1. The standard InChI is InChI=1S/C23H24O/c1-2-3-15-4-6-17-13-21-20(12-18(17)10-15)22(24)8-9-23(21)14-16-5-7-19(23)11-16/h4-6,10,12-13,19H,2-3,7-9,11,14H2,1H3. The Balaban J connectivity index is 1.70. The highest BCUT2D eigenvalue weighted by Gasteiger charge is 2.51. The van der Waals surface area contributed by atoms with Crippen LogP contribution in [0.4, 0.5) is 0 Å². The summed E-state index contributed by atoms with van der Waals surface area (Å²) in [5.41, 5.74) is 5.66. The number of allylic oxidation sites excluding steroid dienone is 2. The summed E-state index contributed by atoms with van der Waals surface area (Å²) < 4.78 is 0. The summed E-state index contributed by atoms with van der Waals surface area (Å²) >= 11 is 0. The van der Waals surface area contributed by atoms with Crippen molar-refractivity contribution in [2.24, 2.45) is 5.92 Å². The Labute approximate surface area is 143 Å². The minimum absolute atomic E-state index is 0.254. The molecule has 0 aliphatic heterocycles. The zero-order chi connectivity index (χ0) is 16.3. The normalized spacial score (nSPS) is 27.8. The molecular formula is C23H24O. The van der Waals surface area contributed by atoms with Crippen LogP contribution in [0.15, 0.2) is 42.0 Å². The van der Waals surface area contributed by atoms with Crippen molar-refractivity contribution >= 4 is 16.6 Å². The molecule has 2 aromatic rings. The molecule has 3 aliphatic rings. The Bertz CT molecular complexity index is 888. The number of fused-ring (bicyclic) bond motifs is 6. The molecule has 24 heavy (non-hydrogen) atoms. The zero-order valence-electron chi connectivity index (χ0n) is 14.4. The lowest BCUT2D eigenvalue weighted by Crippen LogP contribution is -2.37. The molecule has 2 aromatic carbocycles. The SMILES string of the molecule is CCCc1ccc2cc3c(cc2c1)C(=O)CCC31CC2=CCC1C2. The molecule has 1 nitrogen and oxygen atoms in total. The van der Waals surface area contributed by atoms with E-state index < -0.39 is 0 Å². The maximum absolute atomic E-state index is 12.7. The van der Waals surface area contributed by atoms with E-state index >= 15 is 0 Å². The lowest BCUT2D eigenvalue weighted by molar-refractivity contribution is 0.0940. The largest absolute Gasteiger partial charge is 0.294 e. The van der Waals surface area contributed by atoms with Gasteiger partial charge in [-0.3, -0.25) is 4.79 Å². The van der Waals surface area contributed by atoms with E-state index in [1.165, 1.54) is 41.2 Å². The summed E-state index contributed by atoms with van der Waals surface area (Å²) in [5, 5.41) is 2.55. The van der Waals surface area contributed by atoms with Crippen molar-refractivity contribution in [2.75, 3.05) is 0 Å². The van der Waals surface area contributed by atoms with Crippen LogP contribution < -0.4 is 0 Å². The second-order valence-corrected chi connectivity index (χ2v) is 8.08. The third kappa shape index (κ3) is 1.90. The molecule has 0 heterocycles. The van der Waals surface area contributed by atoms with E-state index in [4.69, 9.17) is 0 Å². The number of ketones is 1. The van der Waals surface area contributed by atoms with Crippen LogP contribution in [0.25, 0.3) is 10.8 Å². The smallest absolute Gasteiger partial charge is 0.163 e. The summed E-state index contributed by atoms with van der Waals surface area (Å²) in [7, 11) is 0. The van der Waals surface area contributed by atoms with Crippen LogP contribution >= 0.6 is 0 Å². The average molecular weight is 316 g/mol. The minimum Gasteiger partial charge on any atom is -0.294 e. The first-order valence-corrected chi connectivity index (χ1v) is 9.48. The van der Waals surface area contributed by atoms with Gasteiger partial charge in [-0.15, -0.1) is 0 Å². The van der Waals surface area contributed by atoms with Crippen LogP contribution in [0.2, 0.25) is 0 Å². The van der Waals surface area contributed by atoms with Gasteiger partial charge in [-0.05, 0) is 72.1 Å². The van der Waals surface area contributed by atoms with Crippen molar-refractivity contribution < 1.29 is 4.79 Å². The molecule has 0 amide bonds. The molecule has 2 bridgehead atoms. The van der Waals surface area contributed by atoms with Crippen LogP contribution in [0.3, 0.4) is 0 Å². The van der Waals surface area contributed by atoms with E-state index in [9.17, 15) is 4.79 Å². The molecule has 0 N–H and O–H groups in total. The monoisotopic (exact) mass is 316 g/mol. The van der Waals surface area contributed by atoms with Crippen molar-refractivity contribution in [1.29, 1.82) is 0 Å². The Hall–Kier alpha value is -1.89. The topological polar surface area (TPSA) is 17.1 Å². The van der Waals surface area contributed by atoms with Gasteiger partial charge in [-0.1, -0.05) is 43.2 Å². The minimum atomic E-state index is 0.254. The van der Waals surface area contributed by atoms with Crippen LogP contribution in [0.1, 0.15) is 66.9 Å². The molecule has 2 unspecified atom stereocenters. The molecule has 3 aliphatic carbocycles. The number of Topliss-reactive ketones (excluding diaryl/α,β-unsaturated/α-hetero) is 1. The third-order valence-corrected chi connectivity index (χ3v) is 6.74. The Morgan fingerprint density at radius 2 is 2.08 bits per heavy atom. The average Bonchev–Trinajstić information content (AvgIpc) is 3.19. The molecule has 0 saturated heterocycles. The first kappa shape index (κ1) is 14.5. The second-order valence-electron chi connectivity index (χ2n) is 8.08. The van der Waals surface area contributed by atoms with E-state index in [1.807, 2.05) is 0 Å². The first-order chi connectivity index (χ1) is 11.7. The highest BCUT2D eigenvalue weighted by molar-refractivity contribution is 6.03. The van der Waals surface area contributed by atoms with E-state index in [2.05, 4.69) is 43.3 Å². The van der Waals surface area contributed by atoms with Crippen molar-refractivity contribution in [3.63, 3.8) is 0 Å². The van der Waals surface area contributed by atoms with Gasteiger partial charge in [-0.2, -0.15) is 0 Å². The molecule has 0 aromatic heterocycles. The molecule has 5 rings (SSSR count). The number of rotatable bonds is 2. The van der Waals surface area contributed by atoms with E-state index in [0.29, 0.717) is 5.78 Å². The van der Waals surface area contributed by atoms with Crippen LogP contribution in [0.5, 0.6) is 0 Å². The van der Waals surface area contributed by atoms with E-state index in [-0.39, 0.29) is 5.41 Å². The van der Waals surface area contributed by atoms with Crippen LogP contribution in [0, 0.1) is 5.92 Å². The molecule has 1 spiro atoms. The molecule has 1 heteroatoms. The highest BCUT2D eigenvalue weighted by Crippen LogP contribution is 2.58. The first-order valence-electron chi connectivity index (χ1n) is 9.48. The van der Waals surface area contributed by atoms with Gasteiger partial charge in [0.05, 0.1) is 0 Å². The van der Waals surface area contributed by atoms with Gasteiger partial charge in [0.15, 0.2) is 5.78 Å². The Morgan fingerprint density at radius 3 is 2.83 bits per heavy atom. The molecule has 1 saturated carbocycles. The highest BCUT2D eigenvalue weighted by atomic mass is 16.1. The van der Waals surface area contributed by atoms with Gasteiger partial charge in [0.1, 0.15) is 0 Å². The maximum Gasteiger partial charge on any atom is 0.163 e. The summed E-state index contributed by atoms with van der Waals surface area (Å²) in [6.07, 6.45) is 10.2. The number of benzene rings is 2. The lowest BCUT2D eigenvalue weighted by atomic mass is 9.62. The molecule has 122 valence electrons. The number of carbonyl (C=O) groups is 1. The van der Waals surface area contributed by atoms with Crippen LogP contribution in [-0.4, -0.2) is 5.78 Å². The van der Waals surface area contributed by atoms with Gasteiger partial charge in [0.25, 0.3) is 0 Å². The van der Waals surface area contributed by atoms with E-state index in [0.717, 1.165) is 37.2 Å². The lowest BCUT2D eigenvalue weighted by Gasteiger charge is -2.41. The number of hydrogen-bond acceptors (Lipinski definition) is 1. The van der Waals surface area contributed by atoms with E-state index in [1.54, 1.807) is 5.57 Å². The predicted octanol–water partition coefficient (Wildman–Crippen LogP) is 5.75. The Kier molecular flexibility index (Phi) is 3.04. The van der Waals surface area contributed by atoms with Gasteiger partial charge in [-0.25, -0.2) is 0 Å². The number of hydrogen-bond donors (Lipinski definition) is 0. The molecule has 0 radical (unpaired) electrons. The second kappa shape index (κ2) is 5.05. The fourth-order valence-electron chi connectivity index (χ4n) is 5.55. The quantitative estimate of drug-likeness (QED) is 0.645. The summed E-state index contributed by atoms with van der Waals surface area (Å²) in [6, 6.07) is 11.4. The molecular weight excluding hydrogens is 292 g/mol. The Morgan fingerprint density at radius 1 is 1.17 bits per heavy atom. The van der Waals surface area contributed by atoms with Gasteiger partial charge < -0.3 is 0 Å². The fraction of sp³-hybridized carbons (Fsp3) is 0.435. The summed E-state index contributed by atoms with van der Waals surface area (Å²) in [6.45, 7) is 2.22. The predicted molar refractivity (Wildman–Crippen MR) is 98.6 cm³/mol. The van der Waals surface area contributed by atoms with Gasteiger partial charge in [0.2, 0.25) is 0 Å².